The molecule has 0 spiro atoms. The molecule has 3 aromatic rings. The van der Waals surface area contributed by atoms with E-state index in [9.17, 15) is 23.6 Å². The predicted molar refractivity (Wildman–Crippen MR) is 152 cm³/mol. The maximum atomic E-state index is 14.5. The molecule has 0 bridgehead atoms. The summed E-state index contributed by atoms with van der Waals surface area (Å²) >= 11 is 0. The van der Waals surface area contributed by atoms with Crippen LogP contribution in [0.2, 0.25) is 0 Å². The van der Waals surface area contributed by atoms with Crippen molar-refractivity contribution in [2.45, 2.75) is 52.6 Å². The molecule has 0 radical (unpaired) electrons. The summed E-state index contributed by atoms with van der Waals surface area (Å²) in [4.78, 5) is 63.2. The van der Waals surface area contributed by atoms with Gasteiger partial charge in [0.2, 0.25) is 11.8 Å². The van der Waals surface area contributed by atoms with Gasteiger partial charge < -0.3 is 29.8 Å². The highest BCUT2D eigenvalue weighted by Gasteiger charge is 2.22. The van der Waals surface area contributed by atoms with Gasteiger partial charge in [0.05, 0.1) is 25.5 Å². The zero-order chi connectivity index (χ0) is 30.3. The normalized spacial score (nSPS) is 12.1. The quantitative estimate of drug-likeness (QED) is 0.300. The summed E-state index contributed by atoms with van der Waals surface area (Å²) in [6.07, 6.45) is 4.37. The van der Waals surface area contributed by atoms with Gasteiger partial charge in [-0.15, -0.1) is 0 Å². The van der Waals surface area contributed by atoms with Crippen LogP contribution in [-0.2, 0) is 27.3 Å². The number of halogens is 1. The largest absolute Gasteiger partial charge is 0.453 e. The molecule has 3 N–H and O–H groups in total. The number of aromatic nitrogens is 4. The maximum absolute atomic E-state index is 14.5. The number of alkyl carbamates (subject to hydrolysis) is 1. The molecule has 13 heteroatoms. The number of rotatable bonds is 11. The van der Waals surface area contributed by atoms with Gasteiger partial charge in [0.15, 0.2) is 5.82 Å². The van der Waals surface area contributed by atoms with Crippen molar-refractivity contribution >= 4 is 34.6 Å². The molecule has 3 aromatic heterocycles. The van der Waals surface area contributed by atoms with E-state index in [1.165, 1.54) is 28.7 Å². The van der Waals surface area contributed by atoms with Crippen LogP contribution >= 0.6 is 0 Å². The molecule has 1 atom stereocenters. The molecule has 0 aliphatic rings. The van der Waals surface area contributed by atoms with Gasteiger partial charge in [0.25, 0.3) is 5.56 Å². The second-order valence-corrected chi connectivity index (χ2v) is 10.2. The SMILES string of the molecule is COC(=O)N[C@@H](CC/C=C/C(=O)N(C)C)C(=O)Nc1ccc(C)n(Cc2nc3c(CC(C)C)ncc(F)c3[nH]2)c1=O. The van der Waals surface area contributed by atoms with Crippen molar-refractivity contribution in [3.8, 4) is 0 Å². The molecule has 0 saturated carbocycles. The molecule has 3 heterocycles. The fourth-order valence-corrected chi connectivity index (χ4v) is 4.07. The lowest BCUT2D eigenvalue weighted by atomic mass is 10.1. The van der Waals surface area contributed by atoms with Crippen molar-refractivity contribution < 1.29 is 23.5 Å². The van der Waals surface area contributed by atoms with Gasteiger partial charge in [-0.1, -0.05) is 19.9 Å². The average molecular weight is 570 g/mol. The lowest BCUT2D eigenvalue weighted by molar-refractivity contribution is -0.123. The van der Waals surface area contributed by atoms with E-state index in [0.717, 1.165) is 6.20 Å². The van der Waals surface area contributed by atoms with E-state index in [4.69, 9.17) is 0 Å². The van der Waals surface area contributed by atoms with Crippen molar-refractivity contribution in [1.29, 1.82) is 0 Å². The highest BCUT2D eigenvalue weighted by molar-refractivity contribution is 5.96. The van der Waals surface area contributed by atoms with E-state index in [2.05, 4.69) is 30.3 Å². The number of likely N-dealkylation sites (N-methyl/N-ethyl adjacent to an activating group) is 1. The number of nitrogens with one attached hydrogen (secondary N) is 3. The monoisotopic (exact) mass is 569 g/mol. The van der Waals surface area contributed by atoms with Crippen molar-refractivity contribution in [3.05, 3.63) is 63.9 Å². The smallest absolute Gasteiger partial charge is 0.407 e. The van der Waals surface area contributed by atoms with E-state index in [0.29, 0.717) is 35.6 Å². The van der Waals surface area contributed by atoms with Crippen LogP contribution in [-0.4, -0.2) is 69.6 Å². The van der Waals surface area contributed by atoms with Crippen LogP contribution in [0.1, 0.15) is 43.9 Å². The van der Waals surface area contributed by atoms with Crippen molar-refractivity contribution in [1.82, 2.24) is 29.7 Å². The van der Waals surface area contributed by atoms with Crippen molar-refractivity contribution in [3.63, 3.8) is 0 Å². The van der Waals surface area contributed by atoms with Gasteiger partial charge in [-0.05, 0) is 50.3 Å². The number of fused-ring (bicyclic) bond motifs is 1. The average Bonchev–Trinajstić information content (AvgIpc) is 3.36. The summed E-state index contributed by atoms with van der Waals surface area (Å²) in [5.74, 6) is -0.746. The molecule has 0 saturated heterocycles. The number of carbonyl (C=O) groups excluding carboxylic acids is 3. The Kier molecular flexibility index (Phi) is 10.3. The summed E-state index contributed by atoms with van der Waals surface area (Å²) in [7, 11) is 4.40. The number of amides is 3. The Morgan fingerprint density at radius 3 is 2.63 bits per heavy atom. The minimum Gasteiger partial charge on any atom is -0.453 e. The van der Waals surface area contributed by atoms with E-state index >= 15 is 0 Å². The molecule has 3 rings (SSSR count). The minimum absolute atomic E-state index is 0.00183. The summed E-state index contributed by atoms with van der Waals surface area (Å²) < 4.78 is 20.5. The third kappa shape index (κ3) is 7.99. The number of ether oxygens (including phenoxy) is 1. The second kappa shape index (κ2) is 13.7. The molecule has 41 heavy (non-hydrogen) atoms. The molecule has 0 aliphatic carbocycles. The molecular weight excluding hydrogens is 533 g/mol. The topological polar surface area (TPSA) is 151 Å². The van der Waals surface area contributed by atoms with E-state index in [1.807, 2.05) is 13.8 Å². The summed E-state index contributed by atoms with van der Waals surface area (Å²) in [5, 5.41) is 5.04. The Labute approximate surface area is 237 Å². The Bertz CT molecular complexity index is 1510. The van der Waals surface area contributed by atoms with Crippen LogP contribution in [0.25, 0.3) is 11.0 Å². The van der Waals surface area contributed by atoms with Gasteiger partial charge in [-0.3, -0.25) is 19.4 Å². The van der Waals surface area contributed by atoms with Crippen LogP contribution in [0.4, 0.5) is 14.9 Å². The van der Waals surface area contributed by atoms with Crippen molar-refractivity contribution in [2.75, 3.05) is 26.5 Å². The highest BCUT2D eigenvalue weighted by atomic mass is 19.1. The number of H-pyrrole nitrogens is 1. The zero-order valence-corrected chi connectivity index (χ0v) is 24.1. The van der Waals surface area contributed by atoms with Crippen LogP contribution in [0.15, 0.2) is 35.3 Å². The number of imidazole rings is 1. The van der Waals surface area contributed by atoms with E-state index < -0.39 is 29.4 Å². The molecule has 0 unspecified atom stereocenters. The number of allylic oxidation sites excluding steroid dienone is 1. The van der Waals surface area contributed by atoms with Gasteiger partial charge in [0, 0.05) is 19.8 Å². The number of anilines is 1. The lowest BCUT2D eigenvalue weighted by Crippen LogP contribution is -2.44. The first-order valence-corrected chi connectivity index (χ1v) is 13.2. The maximum Gasteiger partial charge on any atom is 0.407 e. The molecular formula is C28H36FN7O5. The number of methoxy groups -OCH3 is 1. The predicted octanol–water partition coefficient (Wildman–Crippen LogP) is 2.90. The molecule has 0 fully saturated rings. The van der Waals surface area contributed by atoms with Crippen LogP contribution in [0.5, 0.6) is 0 Å². The summed E-state index contributed by atoms with van der Waals surface area (Å²) in [6.45, 7) is 5.78. The molecule has 0 aromatic carbocycles. The fourth-order valence-electron chi connectivity index (χ4n) is 4.07. The van der Waals surface area contributed by atoms with Gasteiger partial charge in [-0.2, -0.15) is 0 Å². The molecule has 0 aliphatic heterocycles. The van der Waals surface area contributed by atoms with Crippen molar-refractivity contribution in [2.24, 2.45) is 5.92 Å². The number of hydrogen-bond donors (Lipinski definition) is 3. The fraction of sp³-hybridized carbons (Fsp3) is 0.429. The van der Waals surface area contributed by atoms with E-state index in [1.54, 1.807) is 33.2 Å². The Morgan fingerprint density at radius 1 is 1.24 bits per heavy atom. The first-order chi connectivity index (χ1) is 19.4. The third-order valence-corrected chi connectivity index (χ3v) is 6.28. The van der Waals surface area contributed by atoms with Gasteiger partial charge >= 0.3 is 6.09 Å². The number of hydrogen-bond acceptors (Lipinski definition) is 7. The Morgan fingerprint density at radius 2 is 1.98 bits per heavy atom. The standard InChI is InChI=1S/C28H36FN7O5/c1-16(2)13-21-25-24(18(29)14-30-21)33-22(34-25)15-36-17(3)11-12-20(27(36)39)31-26(38)19(32-28(40)41-6)9-7-8-10-23(37)35(4)5/h8,10-12,14,16,19H,7,9,13,15H2,1-6H3,(H,31,38)(H,32,40)(H,33,34)/b10-8+/t19-/m0/s1. The summed E-state index contributed by atoms with van der Waals surface area (Å²) in [5.41, 5.74) is 1.37. The van der Waals surface area contributed by atoms with Crippen LogP contribution in [0.3, 0.4) is 0 Å². The lowest BCUT2D eigenvalue weighted by Gasteiger charge is -2.18. The Balaban J connectivity index is 1.83. The number of carbonyl (C=O) groups is 3. The first-order valence-electron chi connectivity index (χ1n) is 13.2. The molecule has 220 valence electrons. The minimum atomic E-state index is -1.04. The number of aryl methyl sites for hydroxylation is 1. The Hall–Kier alpha value is -4.55. The number of aromatic amines is 1. The first kappa shape index (κ1) is 31.0. The second-order valence-electron chi connectivity index (χ2n) is 10.2. The van der Waals surface area contributed by atoms with Crippen LogP contribution < -0.4 is 16.2 Å². The zero-order valence-electron chi connectivity index (χ0n) is 24.1. The third-order valence-electron chi connectivity index (χ3n) is 6.28. The van der Waals surface area contributed by atoms with Gasteiger partial charge in [0.1, 0.15) is 28.6 Å². The number of nitrogens with zero attached hydrogens (tertiary/aromatic N) is 4. The highest BCUT2D eigenvalue weighted by Crippen LogP contribution is 2.21. The molecule has 3 amide bonds. The van der Waals surface area contributed by atoms with E-state index in [-0.39, 0.29) is 36.0 Å². The molecule has 12 nitrogen and oxygen atoms in total. The van der Waals surface area contributed by atoms with Gasteiger partial charge in [-0.25, -0.2) is 14.2 Å². The van der Waals surface area contributed by atoms with Crippen LogP contribution in [0, 0.1) is 18.7 Å². The number of pyridine rings is 2. The summed E-state index contributed by atoms with van der Waals surface area (Å²) in [6, 6.07) is 2.09.